The predicted octanol–water partition coefficient (Wildman–Crippen LogP) is 2.60. The molecule has 2 rings (SSSR count). The Morgan fingerprint density at radius 1 is 1.33 bits per heavy atom. The third kappa shape index (κ3) is 3.11. The molecular weight excluding hydrogens is 226 g/mol. The lowest BCUT2D eigenvalue weighted by Crippen LogP contribution is -2.00. The average Bonchev–Trinajstić information content (AvgIpc) is 2.81. The number of benzene rings is 1. The Hall–Kier alpha value is -2.28. The van der Waals surface area contributed by atoms with Crippen molar-refractivity contribution in [3.05, 3.63) is 47.5 Å². The molecule has 1 heterocycles. The van der Waals surface area contributed by atoms with Gasteiger partial charge in [-0.3, -0.25) is 0 Å². The SMILES string of the molecule is Cc1[nH]cnc1CCCOc1ccc(C#N)cc1. The summed E-state index contributed by atoms with van der Waals surface area (Å²) in [4.78, 5) is 7.29. The molecular formula is C14H15N3O. The Morgan fingerprint density at radius 3 is 2.72 bits per heavy atom. The van der Waals surface area contributed by atoms with E-state index >= 15 is 0 Å². The molecule has 0 bridgehead atoms. The smallest absolute Gasteiger partial charge is 0.119 e. The maximum atomic E-state index is 8.67. The highest BCUT2D eigenvalue weighted by atomic mass is 16.5. The molecule has 0 radical (unpaired) electrons. The number of aryl methyl sites for hydroxylation is 2. The van der Waals surface area contributed by atoms with Gasteiger partial charge >= 0.3 is 0 Å². The highest BCUT2D eigenvalue weighted by Gasteiger charge is 2.01. The van der Waals surface area contributed by atoms with Crippen molar-refractivity contribution in [2.75, 3.05) is 6.61 Å². The standard InChI is InChI=1S/C14H15N3O/c1-11-14(17-10-16-11)3-2-8-18-13-6-4-12(9-15)5-7-13/h4-7,10H,2-3,8H2,1H3,(H,16,17). The van der Waals surface area contributed by atoms with Crippen molar-refractivity contribution in [1.82, 2.24) is 9.97 Å². The van der Waals surface area contributed by atoms with Crippen molar-refractivity contribution in [2.45, 2.75) is 19.8 Å². The molecule has 0 fully saturated rings. The fourth-order valence-corrected chi connectivity index (χ4v) is 1.69. The van der Waals surface area contributed by atoms with Gasteiger partial charge in [0, 0.05) is 5.69 Å². The van der Waals surface area contributed by atoms with Gasteiger partial charge in [0.05, 0.1) is 30.3 Å². The first-order valence-electron chi connectivity index (χ1n) is 5.91. The number of ether oxygens (including phenoxy) is 1. The van der Waals surface area contributed by atoms with Gasteiger partial charge < -0.3 is 9.72 Å². The van der Waals surface area contributed by atoms with Crippen LogP contribution in [0.15, 0.2) is 30.6 Å². The Bertz CT molecular complexity index is 537. The van der Waals surface area contributed by atoms with Crippen LogP contribution in [0.1, 0.15) is 23.4 Å². The maximum absolute atomic E-state index is 8.67. The van der Waals surface area contributed by atoms with Crippen molar-refractivity contribution < 1.29 is 4.74 Å². The molecule has 0 amide bonds. The zero-order valence-corrected chi connectivity index (χ0v) is 10.3. The van der Waals surface area contributed by atoms with Crippen LogP contribution in [0.4, 0.5) is 0 Å². The van der Waals surface area contributed by atoms with E-state index in [1.807, 2.05) is 19.1 Å². The largest absolute Gasteiger partial charge is 0.494 e. The van der Waals surface area contributed by atoms with E-state index in [4.69, 9.17) is 10.00 Å². The van der Waals surface area contributed by atoms with E-state index in [1.54, 1.807) is 18.5 Å². The summed E-state index contributed by atoms with van der Waals surface area (Å²) in [5, 5.41) is 8.67. The summed E-state index contributed by atoms with van der Waals surface area (Å²) in [5.74, 6) is 0.799. The molecule has 0 unspecified atom stereocenters. The number of hydrogen-bond donors (Lipinski definition) is 1. The number of aromatic amines is 1. The molecule has 92 valence electrons. The Labute approximate surface area is 106 Å². The van der Waals surface area contributed by atoms with Gasteiger partial charge in [-0.05, 0) is 44.0 Å². The van der Waals surface area contributed by atoms with E-state index in [-0.39, 0.29) is 0 Å². The first kappa shape index (κ1) is 12.2. The van der Waals surface area contributed by atoms with Crippen LogP contribution in [0.5, 0.6) is 5.75 Å². The quantitative estimate of drug-likeness (QED) is 0.818. The van der Waals surface area contributed by atoms with Crippen molar-refractivity contribution in [1.29, 1.82) is 5.26 Å². The number of nitrogens with one attached hydrogen (secondary N) is 1. The molecule has 1 aromatic heterocycles. The number of hydrogen-bond acceptors (Lipinski definition) is 3. The minimum atomic E-state index is 0.648. The normalized spacial score (nSPS) is 10.0. The number of rotatable bonds is 5. The summed E-state index contributed by atoms with van der Waals surface area (Å²) < 4.78 is 5.60. The van der Waals surface area contributed by atoms with Crippen LogP contribution in [0.3, 0.4) is 0 Å². The summed E-state index contributed by atoms with van der Waals surface area (Å²) in [6, 6.07) is 9.23. The molecule has 0 aliphatic rings. The fraction of sp³-hybridized carbons (Fsp3) is 0.286. The van der Waals surface area contributed by atoms with Crippen LogP contribution in [0.2, 0.25) is 0 Å². The minimum Gasteiger partial charge on any atom is -0.494 e. The number of nitriles is 1. The lowest BCUT2D eigenvalue weighted by molar-refractivity contribution is 0.310. The van der Waals surface area contributed by atoms with E-state index < -0.39 is 0 Å². The summed E-state index contributed by atoms with van der Waals surface area (Å²) in [6.07, 6.45) is 3.55. The molecule has 2 aromatic rings. The Balaban J connectivity index is 1.75. The second-order valence-electron chi connectivity index (χ2n) is 4.06. The highest BCUT2D eigenvalue weighted by Crippen LogP contribution is 2.12. The second kappa shape index (κ2) is 5.87. The zero-order valence-electron chi connectivity index (χ0n) is 10.3. The molecule has 0 aliphatic carbocycles. The molecule has 1 aromatic carbocycles. The van der Waals surface area contributed by atoms with Gasteiger partial charge in [0.2, 0.25) is 0 Å². The third-order valence-electron chi connectivity index (χ3n) is 2.74. The van der Waals surface area contributed by atoms with Crippen molar-refractivity contribution in [2.24, 2.45) is 0 Å². The number of imidazole rings is 1. The number of nitrogens with zero attached hydrogens (tertiary/aromatic N) is 2. The van der Waals surface area contributed by atoms with Gasteiger partial charge in [-0.1, -0.05) is 0 Å². The van der Waals surface area contributed by atoms with E-state index in [9.17, 15) is 0 Å². The summed E-state index contributed by atoms with van der Waals surface area (Å²) in [5.41, 5.74) is 2.86. The average molecular weight is 241 g/mol. The van der Waals surface area contributed by atoms with Crippen LogP contribution >= 0.6 is 0 Å². The summed E-state index contributed by atoms with van der Waals surface area (Å²) >= 11 is 0. The topological polar surface area (TPSA) is 61.7 Å². The van der Waals surface area contributed by atoms with Crippen LogP contribution in [0, 0.1) is 18.3 Å². The fourth-order valence-electron chi connectivity index (χ4n) is 1.69. The van der Waals surface area contributed by atoms with Crippen LogP contribution in [-0.4, -0.2) is 16.6 Å². The van der Waals surface area contributed by atoms with Crippen molar-refractivity contribution in [3.8, 4) is 11.8 Å². The summed E-state index contributed by atoms with van der Waals surface area (Å²) in [7, 11) is 0. The molecule has 18 heavy (non-hydrogen) atoms. The number of aromatic nitrogens is 2. The monoisotopic (exact) mass is 241 g/mol. The van der Waals surface area contributed by atoms with Gasteiger partial charge in [0.25, 0.3) is 0 Å². The molecule has 0 saturated heterocycles. The summed E-state index contributed by atoms with van der Waals surface area (Å²) in [6.45, 7) is 2.67. The Kier molecular flexibility index (Phi) is 3.98. The van der Waals surface area contributed by atoms with Crippen LogP contribution < -0.4 is 4.74 Å². The molecule has 0 aliphatic heterocycles. The zero-order chi connectivity index (χ0) is 12.8. The first-order valence-corrected chi connectivity index (χ1v) is 5.91. The van der Waals surface area contributed by atoms with E-state index in [0.29, 0.717) is 12.2 Å². The molecule has 0 saturated carbocycles. The highest BCUT2D eigenvalue weighted by molar-refractivity contribution is 5.34. The minimum absolute atomic E-state index is 0.648. The predicted molar refractivity (Wildman–Crippen MR) is 68.3 cm³/mol. The van der Waals surface area contributed by atoms with Gasteiger partial charge in [-0.25, -0.2) is 4.98 Å². The van der Waals surface area contributed by atoms with Crippen LogP contribution in [0.25, 0.3) is 0 Å². The molecule has 1 N–H and O–H groups in total. The van der Waals surface area contributed by atoms with Crippen LogP contribution in [-0.2, 0) is 6.42 Å². The van der Waals surface area contributed by atoms with Crippen molar-refractivity contribution in [3.63, 3.8) is 0 Å². The molecule has 0 spiro atoms. The molecule has 0 atom stereocenters. The van der Waals surface area contributed by atoms with Gasteiger partial charge in [-0.2, -0.15) is 5.26 Å². The van der Waals surface area contributed by atoms with Gasteiger partial charge in [0.15, 0.2) is 0 Å². The second-order valence-corrected chi connectivity index (χ2v) is 4.06. The molecule has 4 heteroatoms. The van der Waals surface area contributed by atoms with Gasteiger partial charge in [-0.15, -0.1) is 0 Å². The lowest BCUT2D eigenvalue weighted by atomic mass is 10.2. The number of H-pyrrole nitrogens is 1. The lowest BCUT2D eigenvalue weighted by Gasteiger charge is -2.05. The van der Waals surface area contributed by atoms with E-state index in [0.717, 1.165) is 30.0 Å². The van der Waals surface area contributed by atoms with E-state index in [2.05, 4.69) is 16.0 Å². The first-order chi connectivity index (χ1) is 8.79. The van der Waals surface area contributed by atoms with E-state index in [1.165, 1.54) is 0 Å². The van der Waals surface area contributed by atoms with Crippen molar-refractivity contribution >= 4 is 0 Å². The third-order valence-corrected chi connectivity index (χ3v) is 2.74. The maximum Gasteiger partial charge on any atom is 0.119 e. The van der Waals surface area contributed by atoms with Gasteiger partial charge in [0.1, 0.15) is 5.75 Å². The Morgan fingerprint density at radius 2 is 2.11 bits per heavy atom. The molecule has 4 nitrogen and oxygen atoms in total.